The number of hydrogen-bond donors (Lipinski definition) is 2. The van der Waals surface area contributed by atoms with Crippen molar-refractivity contribution in [2.75, 3.05) is 0 Å². The Hall–Kier alpha value is -0.160. The van der Waals surface area contributed by atoms with Crippen molar-refractivity contribution in [3.05, 3.63) is 0 Å². The summed E-state index contributed by atoms with van der Waals surface area (Å²) in [6, 6.07) is 0. The highest BCUT2D eigenvalue weighted by atomic mass is 16.5. The predicted octanol–water partition coefficient (Wildman–Crippen LogP) is 0.597. The highest BCUT2D eigenvalue weighted by Gasteiger charge is 2.40. The van der Waals surface area contributed by atoms with Crippen LogP contribution in [0.3, 0.4) is 0 Å². The van der Waals surface area contributed by atoms with Crippen LogP contribution >= 0.6 is 0 Å². The Morgan fingerprint density at radius 1 is 0.688 bits per heavy atom. The van der Waals surface area contributed by atoms with E-state index in [4.69, 9.17) is 19.7 Å². The average Bonchev–Trinajstić information content (AvgIpc) is 2.94. The molecular formula is C12H20O4. The third kappa shape index (κ3) is 1.99. The van der Waals surface area contributed by atoms with Gasteiger partial charge in [0.25, 0.3) is 0 Å². The molecule has 4 aliphatic heterocycles. The van der Waals surface area contributed by atoms with Crippen molar-refractivity contribution in [3.8, 4) is 0 Å². The van der Waals surface area contributed by atoms with E-state index in [-0.39, 0.29) is 24.4 Å². The highest BCUT2D eigenvalue weighted by Crippen LogP contribution is 2.34. The van der Waals surface area contributed by atoms with E-state index in [9.17, 15) is 0 Å². The van der Waals surface area contributed by atoms with Crippen LogP contribution in [0.1, 0.15) is 38.5 Å². The molecule has 16 heavy (non-hydrogen) atoms. The molecule has 0 spiro atoms. The van der Waals surface area contributed by atoms with Crippen molar-refractivity contribution < 1.29 is 19.7 Å². The zero-order chi connectivity index (χ0) is 11.1. The van der Waals surface area contributed by atoms with Crippen LogP contribution in [0.15, 0.2) is 0 Å². The van der Waals surface area contributed by atoms with E-state index in [0.717, 1.165) is 25.7 Å². The first kappa shape index (κ1) is 11.0. The second-order valence-corrected chi connectivity index (χ2v) is 5.35. The normalized spacial score (nSPS) is 52.9. The first-order valence-corrected chi connectivity index (χ1v) is 6.39. The van der Waals surface area contributed by atoms with Gasteiger partial charge in [0.1, 0.15) is 0 Å². The van der Waals surface area contributed by atoms with Gasteiger partial charge in [0, 0.05) is 12.8 Å². The Balaban J connectivity index is 0.000000101. The molecule has 4 heterocycles. The van der Waals surface area contributed by atoms with Gasteiger partial charge in [0.15, 0.2) is 0 Å². The van der Waals surface area contributed by atoms with Gasteiger partial charge < -0.3 is 19.7 Å². The lowest BCUT2D eigenvalue weighted by Gasteiger charge is -2.10. The van der Waals surface area contributed by atoms with Crippen LogP contribution in [-0.2, 0) is 9.47 Å². The summed E-state index contributed by atoms with van der Waals surface area (Å²) in [5.41, 5.74) is 0. The molecule has 4 heteroatoms. The predicted molar refractivity (Wildman–Crippen MR) is 57.0 cm³/mol. The smallest absolute Gasteiger partial charge is 0.0839 e. The minimum absolute atomic E-state index is 0.145. The van der Waals surface area contributed by atoms with Gasteiger partial charge in [0.05, 0.1) is 36.6 Å². The molecule has 4 aliphatic rings. The monoisotopic (exact) mass is 228 g/mol. The van der Waals surface area contributed by atoms with Gasteiger partial charge in [0.2, 0.25) is 0 Å². The van der Waals surface area contributed by atoms with Crippen LogP contribution < -0.4 is 0 Å². The zero-order valence-electron chi connectivity index (χ0n) is 9.42. The fourth-order valence-corrected chi connectivity index (χ4v) is 3.22. The lowest BCUT2D eigenvalue weighted by Crippen LogP contribution is -2.20. The fourth-order valence-electron chi connectivity index (χ4n) is 3.22. The topological polar surface area (TPSA) is 58.9 Å². The third-order valence-corrected chi connectivity index (χ3v) is 4.15. The molecule has 4 bridgehead atoms. The van der Waals surface area contributed by atoms with E-state index < -0.39 is 0 Å². The first-order valence-electron chi connectivity index (χ1n) is 6.39. The van der Waals surface area contributed by atoms with Crippen LogP contribution in [0.5, 0.6) is 0 Å². The van der Waals surface area contributed by atoms with Crippen molar-refractivity contribution in [1.82, 2.24) is 0 Å². The summed E-state index contributed by atoms with van der Waals surface area (Å²) in [4.78, 5) is 0. The minimum atomic E-state index is -0.145. The van der Waals surface area contributed by atoms with Gasteiger partial charge in [-0.15, -0.1) is 0 Å². The first-order chi connectivity index (χ1) is 7.72. The summed E-state index contributed by atoms with van der Waals surface area (Å²) in [7, 11) is 0. The van der Waals surface area contributed by atoms with E-state index in [2.05, 4.69) is 0 Å². The van der Waals surface area contributed by atoms with E-state index in [0.29, 0.717) is 12.2 Å². The molecule has 0 aromatic carbocycles. The molecule has 0 aromatic rings. The molecule has 0 aliphatic carbocycles. The summed E-state index contributed by atoms with van der Waals surface area (Å²) >= 11 is 0. The number of aliphatic hydroxyl groups is 2. The second kappa shape index (κ2) is 4.26. The van der Waals surface area contributed by atoms with Crippen molar-refractivity contribution in [2.24, 2.45) is 0 Å². The lowest BCUT2D eigenvalue weighted by atomic mass is 9.98. The highest BCUT2D eigenvalue weighted by molar-refractivity contribution is 4.89. The maximum atomic E-state index is 9.09. The summed E-state index contributed by atoms with van der Waals surface area (Å²) in [6.07, 6.45) is 7.14. The Kier molecular flexibility index (Phi) is 2.92. The molecule has 6 atom stereocenters. The second-order valence-electron chi connectivity index (χ2n) is 5.35. The summed E-state index contributed by atoms with van der Waals surface area (Å²) < 4.78 is 10.7. The van der Waals surface area contributed by atoms with Gasteiger partial charge in [-0.3, -0.25) is 0 Å². The van der Waals surface area contributed by atoms with Gasteiger partial charge in [-0.2, -0.15) is 0 Å². The Bertz CT molecular complexity index is 227. The summed E-state index contributed by atoms with van der Waals surface area (Å²) in [5.74, 6) is 0. The van der Waals surface area contributed by atoms with Crippen LogP contribution in [-0.4, -0.2) is 46.8 Å². The Morgan fingerprint density at radius 2 is 1.12 bits per heavy atom. The molecule has 2 N–H and O–H groups in total. The number of hydrogen-bond acceptors (Lipinski definition) is 4. The molecule has 92 valence electrons. The Labute approximate surface area is 95.6 Å². The van der Waals surface area contributed by atoms with Gasteiger partial charge >= 0.3 is 0 Å². The fraction of sp³-hybridized carbons (Fsp3) is 1.00. The van der Waals surface area contributed by atoms with E-state index in [1.54, 1.807) is 0 Å². The van der Waals surface area contributed by atoms with Crippen molar-refractivity contribution >= 4 is 0 Å². The maximum Gasteiger partial charge on any atom is 0.0839 e. The van der Waals surface area contributed by atoms with Crippen LogP contribution in [0.2, 0.25) is 0 Å². The minimum Gasteiger partial charge on any atom is -0.390 e. The van der Waals surface area contributed by atoms with E-state index in [1.807, 2.05) is 0 Å². The molecular weight excluding hydrogens is 208 g/mol. The largest absolute Gasteiger partial charge is 0.390 e. The van der Waals surface area contributed by atoms with Gasteiger partial charge in [-0.25, -0.2) is 0 Å². The van der Waals surface area contributed by atoms with E-state index in [1.165, 1.54) is 12.8 Å². The summed E-state index contributed by atoms with van der Waals surface area (Å²) in [5, 5.41) is 18.2. The van der Waals surface area contributed by atoms with Crippen LogP contribution in [0.25, 0.3) is 0 Å². The number of ether oxygens (including phenoxy) is 2. The van der Waals surface area contributed by atoms with Gasteiger partial charge in [-0.05, 0) is 25.7 Å². The average molecular weight is 228 g/mol. The summed E-state index contributed by atoms with van der Waals surface area (Å²) in [6.45, 7) is 0. The standard InChI is InChI=1S/2C6H10O2/c2*7-5-3-4-1-2-6(5)8-4/h2*4-7H,1-3H2/t2*4-,5+,6+/m10/s1. The zero-order valence-corrected chi connectivity index (χ0v) is 9.42. The van der Waals surface area contributed by atoms with E-state index >= 15 is 0 Å². The Morgan fingerprint density at radius 3 is 1.25 bits per heavy atom. The third-order valence-electron chi connectivity index (χ3n) is 4.15. The SMILES string of the molecule is O[C@@H]1C[C@@H]2CC[C@H]1O2.O[C@H]1C[C@H]2CC[C@@H]1O2. The maximum absolute atomic E-state index is 9.09. The molecule has 0 aromatic heterocycles. The van der Waals surface area contributed by atoms with Crippen LogP contribution in [0.4, 0.5) is 0 Å². The quantitative estimate of drug-likeness (QED) is 0.637. The van der Waals surface area contributed by atoms with Crippen molar-refractivity contribution in [2.45, 2.75) is 75.1 Å². The van der Waals surface area contributed by atoms with Gasteiger partial charge in [-0.1, -0.05) is 0 Å². The molecule has 4 saturated heterocycles. The number of aliphatic hydroxyl groups excluding tert-OH is 2. The lowest BCUT2D eigenvalue weighted by molar-refractivity contribution is 0.0536. The molecule has 0 saturated carbocycles. The van der Waals surface area contributed by atoms with Crippen molar-refractivity contribution in [1.29, 1.82) is 0 Å². The molecule has 0 amide bonds. The number of fused-ring (bicyclic) bond motifs is 4. The molecule has 4 nitrogen and oxygen atoms in total. The number of rotatable bonds is 0. The molecule has 0 unspecified atom stereocenters. The molecule has 4 fully saturated rings. The molecule has 0 radical (unpaired) electrons. The van der Waals surface area contributed by atoms with Crippen LogP contribution in [0, 0.1) is 0 Å². The molecule has 4 rings (SSSR count). The van der Waals surface area contributed by atoms with Crippen molar-refractivity contribution in [3.63, 3.8) is 0 Å².